The van der Waals surface area contributed by atoms with E-state index in [4.69, 9.17) is 0 Å². The molecule has 0 bridgehead atoms. The molecule has 43 heavy (non-hydrogen) atoms. The van der Waals surface area contributed by atoms with Crippen molar-refractivity contribution in [2.24, 2.45) is 0 Å². The second kappa shape index (κ2) is 25.5. The molecule has 0 radical (unpaired) electrons. The standard InChI is InChI=1S/C32H44N2.2C4H9.Pd/c1-5-9-15-25-17-13-19-27(23-25)31-29(21-11-7-3)30(22-12-8-4)32(34(31)33)28-20-14-18-26(24-28)16-10-6-2;2*1-3-4-2;/h13-14,17-20,23-24H,5-12,15-16,21-22H2,1-4H3;2*1,3-4H2,2H3;/q;2*-1;+2. The summed E-state index contributed by atoms with van der Waals surface area (Å²) in [4.78, 5) is 0. The minimum Gasteiger partial charge on any atom is -0.493 e. The van der Waals surface area contributed by atoms with Crippen LogP contribution in [0.3, 0.4) is 0 Å². The zero-order valence-electron chi connectivity index (χ0n) is 28.6. The first-order valence-electron chi connectivity index (χ1n) is 17.2. The molecule has 1 heterocycles. The predicted molar refractivity (Wildman–Crippen MR) is 187 cm³/mol. The molecule has 0 aromatic heterocycles. The molecule has 0 saturated heterocycles. The van der Waals surface area contributed by atoms with Crippen molar-refractivity contribution in [2.45, 2.75) is 144 Å². The Hall–Kier alpha value is -1.82. The summed E-state index contributed by atoms with van der Waals surface area (Å²) < 4.78 is 1.54. The molecule has 0 unspecified atom stereocenters. The average molecular weight is 677 g/mol. The Bertz CT molecular complexity index is 1010. The van der Waals surface area contributed by atoms with E-state index in [-0.39, 0.29) is 20.4 Å². The minimum atomic E-state index is 0. The fourth-order valence-electron chi connectivity index (χ4n) is 5.00. The van der Waals surface area contributed by atoms with Crippen molar-refractivity contribution in [3.05, 3.63) is 101 Å². The van der Waals surface area contributed by atoms with Crippen LogP contribution in [0.1, 0.15) is 154 Å². The topological polar surface area (TPSA) is 25.3 Å². The number of unbranched alkanes of at least 4 members (excludes halogenated alkanes) is 6. The summed E-state index contributed by atoms with van der Waals surface area (Å²) in [7, 11) is 0. The number of allylic oxidation sites excluding steroid dienone is 2. The number of rotatable bonds is 16. The van der Waals surface area contributed by atoms with Crippen molar-refractivity contribution < 1.29 is 25.1 Å². The van der Waals surface area contributed by atoms with Gasteiger partial charge in [-0.1, -0.05) is 104 Å². The van der Waals surface area contributed by atoms with E-state index in [1.165, 1.54) is 65.5 Å². The summed E-state index contributed by atoms with van der Waals surface area (Å²) >= 11 is 0. The van der Waals surface area contributed by atoms with Gasteiger partial charge in [0.1, 0.15) is 0 Å². The van der Waals surface area contributed by atoms with Crippen LogP contribution in [-0.2, 0) is 33.3 Å². The van der Waals surface area contributed by atoms with E-state index in [9.17, 15) is 5.53 Å². The molecule has 0 saturated carbocycles. The largest absolute Gasteiger partial charge is 2.00 e. The van der Waals surface area contributed by atoms with Gasteiger partial charge in [0.25, 0.3) is 0 Å². The first kappa shape index (κ1) is 41.2. The van der Waals surface area contributed by atoms with Gasteiger partial charge in [0.15, 0.2) is 0 Å². The van der Waals surface area contributed by atoms with Crippen LogP contribution in [0, 0.1) is 13.8 Å². The molecule has 2 nitrogen and oxygen atoms in total. The Balaban J connectivity index is 0.00000174. The maximum atomic E-state index is 11.7. The van der Waals surface area contributed by atoms with Crippen LogP contribution < -0.4 is 0 Å². The molecule has 3 heteroatoms. The van der Waals surface area contributed by atoms with E-state index in [1.807, 2.05) is 0 Å². The Morgan fingerprint density at radius 3 is 1.16 bits per heavy atom. The van der Waals surface area contributed by atoms with Gasteiger partial charge in [-0.25, -0.2) is 4.70 Å². The van der Waals surface area contributed by atoms with Gasteiger partial charge in [-0.05, 0) is 86.8 Å². The van der Waals surface area contributed by atoms with Gasteiger partial charge in [-0.15, -0.1) is 0 Å². The van der Waals surface area contributed by atoms with Gasteiger partial charge < -0.3 is 19.4 Å². The fraction of sp³-hybridized carbons (Fsp3) is 0.550. The zero-order chi connectivity index (χ0) is 31.2. The zero-order valence-corrected chi connectivity index (χ0v) is 30.1. The summed E-state index contributed by atoms with van der Waals surface area (Å²) in [6, 6.07) is 17.7. The molecule has 0 N–H and O–H groups in total. The monoisotopic (exact) mass is 676 g/mol. The summed E-state index contributed by atoms with van der Waals surface area (Å²) in [5, 5.41) is 0. The van der Waals surface area contributed by atoms with Crippen molar-refractivity contribution in [3.8, 4) is 0 Å². The Morgan fingerprint density at radius 1 is 0.535 bits per heavy atom. The van der Waals surface area contributed by atoms with E-state index in [0.717, 1.165) is 86.7 Å². The van der Waals surface area contributed by atoms with Crippen LogP contribution in [0.4, 0.5) is 0 Å². The van der Waals surface area contributed by atoms with Gasteiger partial charge in [-0.3, -0.25) is 0 Å². The Morgan fingerprint density at radius 2 is 0.860 bits per heavy atom. The van der Waals surface area contributed by atoms with Crippen LogP contribution in [-0.4, -0.2) is 4.70 Å². The number of hydrogen-bond acceptors (Lipinski definition) is 0. The third-order valence-corrected chi connectivity index (χ3v) is 7.67. The van der Waals surface area contributed by atoms with Gasteiger partial charge in [-0.2, -0.15) is 12.8 Å². The summed E-state index contributed by atoms with van der Waals surface area (Å²) in [5.74, 6) is 0. The third kappa shape index (κ3) is 14.2. The molecule has 0 atom stereocenters. The summed E-state index contributed by atoms with van der Waals surface area (Å²) in [5.41, 5.74) is 21.5. The van der Waals surface area contributed by atoms with Gasteiger partial charge in [0, 0.05) is 22.3 Å². The molecule has 2 aromatic carbocycles. The van der Waals surface area contributed by atoms with Crippen LogP contribution in [0.15, 0.2) is 59.7 Å². The minimum absolute atomic E-state index is 0. The van der Waals surface area contributed by atoms with Gasteiger partial charge in [0.05, 0.1) is 0 Å². The molecule has 242 valence electrons. The third-order valence-electron chi connectivity index (χ3n) is 7.67. The number of hydrogen-bond donors (Lipinski definition) is 0. The van der Waals surface area contributed by atoms with Gasteiger partial charge >= 0.3 is 20.4 Å². The number of nitrogens with zero attached hydrogens (tertiary/aromatic N) is 2. The first-order valence-corrected chi connectivity index (χ1v) is 17.2. The molecular weight excluding hydrogens is 615 g/mol. The van der Waals surface area contributed by atoms with Crippen molar-refractivity contribution in [1.82, 2.24) is 0 Å². The molecule has 0 aliphatic carbocycles. The van der Waals surface area contributed by atoms with Crippen LogP contribution in [0.25, 0.3) is 16.9 Å². The second-order valence-electron chi connectivity index (χ2n) is 11.5. The SMILES string of the molecule is CCCCC1=C(c2cccc(CCCC)c2)[N+](=[N-])C(c2cccc(CCCC)c2)=C1CCCC.[CH2-]CCC.[CH2-]CCC.[Pd+2]. The smallest absolute Gasteiger partial charge is 0.493 e. The van der Waals surface area contributed by atoms with Crippen LogP contribution in [0.2, 0.25) is 0 Å². The predicted octanol–water partition coefficient (Wildman–Crippen LogP) is 13.2. The first-order chi connectivity index (χ1) is 20.5. The maximum absolute atomic E-state index is 11.7. The average Bonchev–Trinajstić information content (AvgIpc) is 3.31. The Labute approximate surface area is 281 Å². The van der Waals surface area contributed by atoms with Crippen molar-refractivity contribution in [1.29, 1.82) is 0 Å². The normalized spacial score (nSPS) is 12.4. The molecule has 3 rings (SSSR count). The Kier molecular flexibility index (Phi) is 24.4. The van der Waals surface area contributed by atoms with Crippen molar-refractivity contribution >= 4 is 11.4 Å². The molecule has 2 aromatic rings. The summed E-state index contributed by atoms with van der Waals surface area (Å²) in [6.45, 7) is 20.4. The summed E-state index contributed by atoms with van der Waals surface area (Å²) in [6.07, 6.45) is 18.1. The molecule has 1 aliphatic rings. The molecule has 1 aliphatic heterocycles. The molecule has 0 spiro atoms. The van der Waals surface area contributed by atoms with E-state index < -0.39 is 0 Å². The molecular formula is C40H62N2Pd. The fourth-order valence-corrected chi connectivity index (χ4v) is 5.00. The molecule has 0 fully saturated rings. The number of benzene rings is 2. The second-order valence-corrected chi connectivity index (χ2v) is 11.5. The van der Waals surface area contributed by atoms with Gasteiger partial charge in [0.2, 0.25) is 11.4 Å². The quantitative estimate of drug-likeness (QED) is 0.0960. The maximum Gasteiger partial charge on any atom is 2.00 e. The van der Waals surface area contributed by atoms with E-state index in [2.05, 4.69) is 104 Å². The molecule has 0 amide bonds. The van der Waals surface area contributed by atoms with Crippen LogP contribution in [0.5, 0.6) is 0 Å². The van der Waals surface area contributed by atoms with E-state index >= 15 is 0 Å². The number of aryl methyl sites for hydroxylation is 2. The van der Waals surface area contributed by atoms with Crippen molar-refractivity contribution in [2.75, 3.05) is 0 Å². The van der Waals surface area contributed by atoms with Crippen LogP contribution >= 0.6 is 0 Å². The van der Waals surface area contributed by atoms with E-state index in [1.54, 1.807) is 0 Å². The van der Waals surface area contributed by atoms with Crippen molar-refractivity contribution in [3.63, 3.8) is 0 Å². The van der Waals surface area contributed by atoms with E-state index in [0.29, 0.717) is 0 Å².